The predicted octanol–water partition coefficient (Wildman–Crippen LogP) is 2.27. The van der Waals surface area contributed by atoms with Crippen LogP contribution in [0.15, 0.2) is 15.5 Å². The Hall–Kier alpha value is -1.24. The molecule has 0 bridgehead atoms. The summed E-state index contributed by atoms with van der Waals surface area (Å²) in [5.74, 6) is 0.254. The number of aliphatic hydroxyl groups is 1. The summed E-state index contributed by atoms with van der Waals surface area (Å²) in [6.07, 6.45) is 2.40. The van der Waals surface area contributed by atoms with Gasteiger partial charge in [-0.3, -0.25) is 0 Å². The molecule has 2 aliphatic carbocycles. The van der Waals surface area contributed by atoms with Crippen LogP contribution in [0.25, 0.3) is 0 Å². The van der Waals surface area contributed by atoms with Gasteiger partial charge >= 0.3 is 0 Å². The molecule has 2 aliphatic rings. The van der Waals surface area contributed by atoms with Gasteiger partial charge in [0.05, 0.1) is 0 Å². The van der Waals surface area contributed by atoms with E-state index in [9.17, 15) is 19.8 Å². The van der Waals surface area contributed by atoms with Crippen LogP contribution in [-0.2, 0) is 0 Å². The van der Waals surface area contributed by atoms with Crippen LogP contribution in [0, 0.1) is 26.6 Å². The number of rotatable bonds is 3. The van der Waals surface area contributed by atoms with Crippen LogP contribution in [0.2, 0.25) is 0 Å². The third-order valence-electron chi connectivity index (χ3n) is 4.19. The van der Waals surface area contributed by atoms with Gasteiger partial charge in [0.1, 0.15) is 0 Å². The average Bonchev–Trinajstić information content (AvgIpc) is 2.38. The zero-order chi connectivity index (χ0) is 12.5. The van der Waals surface area contributed by atoms with Gasteiger partial charge in [0.2, 0.25) is 5.66 Å². The van der Waals surface area contributed by atoms with Crippen LogP contribution < -0.4 is 0 Å². The topological polar surface area (TPSA) is 109 Å². The summed E-state index contributed by atoms with van der Waals surface area (Å²) >= 11 is 0. The van der Waals surface area contributed by atoms with Crippen LogP contribution in [0.1, 0.15) is 38.5 Å². The number of hydrogen-bond donors (Lipinski definition) is 1. The first-order valence-corrected chi connectivity index (χ1v) is 5.82. The van der Waals surface area contributed by atoms with Crippen molar-refractivity contribution in [1.82, 2.24) is 0 Å². The van der Waals surface area contributed by atoms with Gasteiger partial charge in [-0.2, -0.15) is 0 Å². The first-order valence-electron chi connectivity index (χ1n) is 5.82. The van der Waals surface area contributed by atoms with E-state index in [1.807, 2.05) is 0 Å². The molecule has 0 aromatic heterocycles. The first-order chi connectivity index (χ1) is 8.06. The van der Waals surface area contributed by atoms with Crippen LogP contribution in [-0.4, -0.2) is 16.5 Å². The van der Waals surface area contributed by atoms with E-state index in [0.717, 1.165) is 0 Å². The normalized spacial score (nSPS) is 40.1. The number of nitrogens with zero attached hydrogens (tertiary/aromatic N) is 3. The van der Waals surface area contributed by atoms with Gasteiger partial charge in [-0.05, 0) is 40.2 Å². The second-order valence-corrected chi connectivity index (χ2v) is 5.24. The summed E-state index contributed by atoms with van der Waals surface area (Å²) in [7, 11) is 0. The molecule has 94 valence electrons. The summed E-state index contributed by atoms with van der Waals surface area (Å²) in [6.45, 7) is 0. The lowest BCUT2D eigenvalue weighted by Crippen LogP contribution is -2.44. The molecule has 2 saturated carbocycles. The Morgan fingerprint density at radius 3 is 2.06 bits per heavy atom. The van der Waals surface area contributed by atoms with E-state index < -0.39 is 11.4 Å². The zero-order valence-corrected chi connectivity index (χ0v) is 9.41. The van der Waals surface area contributed by atoms with E-state index in [0.29, 0.717) is 32.1 Å². The fourth-order valence-corrected chi connectivity index (χ4v) is 3.15. The molecule has 2 fully saturated rings. The van der Waals surface area contributed by atoms with Gasteiger partial charge in [-0.25, -0.2) is 0 Å². The highest BCUT2D eigenvalue weighted by Crippen LogP contribution is 2.49. The lowest BCUT2D eigenvalue weighted by Gasteiger charge is -2.43. The minimum Gasteiger partial charge on any atom is -0.366 e. The molecule has 17 heavy (non-hydrogen) atoms. The van der Waals surface area contributed by atoms with Gasteiger partial charge < -0.3 is 5.11 Å². The quantitative estimate of drug-likeness (QED) is 0.764. The summed E-state index contributed by atoms with van der Waals surface area (Å²) in [6, 6.07) is 0. The molecule has 2 rings (SSSR count). The van der Waals surface area contributed by atoms with Crippen LogP contribution in [0.3, 0.4) is 0 Å². The number of nitroso groups, excluding NO2 is 3. The number of fused-ring (bicyclic) bond motifs is 1. The molecule has 0 spiro atoms. The van der Waals surface area contributed by atoms with Crippen LogP contribution in [0.4, 0.5) is 0 Å². The Labute approximate surface area is 97.9 Å². The molecule has 0 aliphatic heterocycles. The van der Waals surface area contributed by atoms with E-state index in [4.69, 9.17) is 0 Å². The van der Waals surface area contributed by atoms with Crippen molar-refractivity contribution in [1.29, 1.82) is 0 Å². The van der Waals surface area contributed by atoms with Crippen molar-refractivity contribution in [3.05, 3.63) is 14.7 Å². The van der Waals surface area contributed by atoms with E-state index in [-0.39, 0.29) is 18.3 Å². The van der Waals surface area contributed by atoms with E-state index in [2.05, 4.69) is 15.5 Å². The van der Waals surface area contributed by atoms with Crippen LogP contribution in [0.5, 0.6) is 0 Å². The second kappa shape index (κ2) is 4.21. The zero-order valence-electron chi connectivity index (χ0n) is 9.41. The Morgan fingerprint density at radius 1 is 0.882 bits per heavy atom. The molecular weight excluding hydrogens is 226 g/mol. The molecule has 3 atom stereocenters. The SMILES string of the molecule is O=NC1(O)CCC2CC(N=O)(N=O)CCC2C1. The smallest absolute Gasteiger partial charge is 0.232 e. The van der Waals surface area contributed by atoms with Crippen molar-refractivity contribution >= 4 is 0 Å². The van der Waals surface area contributed by atoms with Crippen molar-refractivity contribution in [3.8, 4) is 0 Å². The first kappa shape index (κ1) is 12.2. The molecular formula is C10H15N3O4. The molecule has 7 heteroatoms. The maximum atomic E-state index is 10.7. The Bertz CT molecular complexity index is 340. The summed E-state index contributed by atoms with van der Waals surface area (Å²) in [5, 5.41) is 18.3. The number of hydrogen-bond acceptors (Lipinski definition) is 7. The fourth-order valence-electron chi connectivity index (χ4n) is 3.15. The van der Waals surface area contributed by atoms with E-state index in [1.54, 1.807) is 0 Å². The molecule has 3 unspecified atom stereocenters. The third kappa shape index (κ3) is 2.11. The lowest BCUT2D eigenvalue weighted by atomic mass is 9.65. The van der Waals surface area contributed by atoms with Gasteiger partial charge in [0.15, 0.2) is 5.72 Å². The minimum absolute atomic E-state index is 0.126. The average molecular weight is 241 g/mol. The van der Waals surface area contributed by atoms with Gasteiger partial charge in [-0.15, -0.1) is 14.7 Å². The standard InChI is InChI=1S/C10H15N3O4/c14-10(13-17)4-2-7-5-9(11-15,12-16)3-1-8(7)6-10/h7-8,14H,1-6H2. The Balaban J connectivity index is 2.09. The van der Waals surface area contributed by atoms with E-state index >= 15 is 0 Å². The second-order valence-electron chi connectivity index (χ2n) is 5.24. The molecule has 1 N–H and O–H groups in total. The van der Waals surface area contributed by atoms with Crippen molar-refractivity contribution in [2.24, 2.45) is 27.4 Å². The largest absolute Gasteiger partial charge is 0.366 e. The molecule has 0 aromatic rings. The van der Waals surface area contributed by atoms with Gasteiger partial charge in [0.25, 0.3) is 0 Å². The maximum Gasteiger partial charge on any atom is 0.232 e. The molecule has 7 nitrogen and oxygen atoms in total. The molecule has 0 saturated heterocycles. The highest BCUT2D eigenvalue weighted by Gasteiger charge is 2.49. The predicted molar refractivity (Wildman–Crippen MR) is 59.7 cm³/mol. The molecule has 0 heterocycles. The lowest BCUT2D eigenvalue weighted by molar-refractivity contribution is -0.0478. The van der Waals surface area contributed by atoms with Gasteiger partial charge in [0, 0.05) is 25.7 Å². The summed E-state index contributed by atoms with van der Waals surface area (Å²) < 4.78 is 0. The van der Waals surface area contributed by atoms with Crippen molar-refractivity contribution in [2.75, 3.05) is 0 Å². The highest BCUT2D eigenvalue weighted by atomic mass is 16.4. The Morgan fingerprint density at radius 2 is 1.47 bits per heavy atom. The van der Waals surface area contributed by atoms with Gasteiger partial charge in [-0.1, -0.05) is 0 Å². The maximum absolute atomic E-state index is 10.7. The minimum atomic E-state index is -1.47. The molecule has 0 amide bonds. The van der Waals surface area contributed by atoms with Crippen LogP contribution >= 0.6 is 0 Å². The molecule has 0 radical (unpaired) electrons. The van der Waals surface area contributed by atoms with Crippen molar-refractivity contribution in [3.63, 3.8) is 0 Å². The third-order valence-corrected chi connectivity index (χ3v) is 4.19. The summed E-state index contributed by atoms with van der Waals surface area (Å²) in [5.41, 5.74) is -2.80. The van der Waals surface area contributed by atoms with Crippen molar-refractivity contribution in [2.45, 2.75) is 49.9 Å². The highest BCUT2D eigenvalue weighted by molar-refractivity contribution is 4.99. The fraction of sp³-hybridized carbons (Fsp3) is 1.00. The van der Waals surface area contributed by atoms with Crippen molar-refractivity contribution < 1.29 is 5.11 Å². The Kier molecular flexibility index (Phi) is 3.03. The monoisotopic (exact) mass is 241 g/mol. The van der Waals surface area contributed by atoms with E-state index in [1.165, 1.54) is 0 Å². The summed E-state index contributed by atoms with van der Waals surface area (Å²) in [4.78, 5) is 32.0. The molecule has 0 aromatic carbocycles.